The number of carbonyl (C=O) groups is 1. The van der Waals surface area contributed by atoms with Crippen molar-refractivity contribution in [3.05, 3.63) is 46.8 Å². The van der Waals surface area contributed by atoms with Gasteiger partial charge in [-0.2, -0.15) is 0 Å². The number of rotatable bonds is 2. The molecule has 0 aliphatic heterocycles. The number of carbonyl (C=O) groups excluding carboxylic acids is 1. The number of fused-ring (bicyclic) bond motifs is 1. The maximum atomic E-state index is 13.0. The molecule has 0 saturated heterocycles. The molecule has 1 heterocycles. The molecule has 0 fully saturated rings. The summed E-state index contributed by atoms with van der Waals surface area (Å²) in [5, 5.41) is 0. The Kier molecular flexibility index (Phi) is 4.38. The highest BCUT2D eigenvalue weighted by atomic mass is 32.2. The van der Waals surface area contributed by atoms with Gasteiger partial charge in [0.1, 0.15) is 0 Å². The molecule has 1 unspecified atom stereocenters. The van der Waals surface area contributed by atoms with Gasteiger partial charge in [-0.25, -0.2) is 18.4 Å². The zero-order chi connectivity index (χ0) is 19.3. The van der Waals surface area contributed by atoms with Crippen LogP contribution >= 0.6 is 0 Å². The number of Topliss-reactive ketones (excluding diaryl/α,β-unsaturated/α-hetero) is 1. The first-order valence-electron chi connectivity index (χ1n) is 8.52. The fourth-order valence-electron chi connectivity index (χ4n) is 3.41. The molecule has 1 aromatic carbocycles. The van der Waals surface area contributed by atoms with Crippen LogP contribution in [0.4, 0.5) is 5.95 Å². The van der Waals surface area contributed by atoms with Gasteiger partial charge in [0.25, 0.3) is 0 Å². The summed E-state index contributed by atoms with van der Waals surface area (Å²) >= 11 is 0. The number of anilines is 1. The summed E-state index contributed by atoms with van der Waals surface area (Å²) in [7, 11) is -3.54. The molecule has 0 saturated carbocycles. The second kappa shape index (κ2) is 6.16. The zero-order valence-electron chi connectivity index (χ0n) is 15.4. The number of nitrogen functional groups attached to an aromatic ring is 1. The lowest BCUT2D eigenvalue weighted by atomic mass is 9.81. The molecule has 0 bridgehead atoms. The first kappa shape index (κ1) is 18.5. The highest BCUT2D eigenvalue weighted by Crippen LogP contribution is 2.38. The van der Waals surface area contributed by atoms with E-state index in [4.69, 9.17) is 5.73 Å². The van der Waals surface area contributed by atoms with Crippen molar-refractivity contribution < 1.29 is 13.2 Å². The number of nitrogens with two attached hydrogens (primary N) is 1. The minimum atomic E-state index is -3.54. The van der Waals surface area contributed by atoms with Gasteiger partial charge in [-0.1, -0.05) is 18.2 Å². The summed E-state index contributed by atoms with van der Waals surface area (Å²) in [6, 6.07) is 6.93. The molecule has 138 valence electrons. The predicted molar refractivity (Wildman–Crippen MR) is 100.0 cm³/mol. The maximum absolute atomic E-state index is 13.0. The second-order valence-corrected chi connectivity index (χ2v) is 10.3. The van der Waals surface area contributed by atoms with Crippen LogP contribution in [-0.4, -0.2) is 28.9 Å². The van der Waals surface area contributed by atoms with Crippen LogP contribution in [0, 0.1) is 6.92 Å². The molecular weight excluding hydrogens is 350 g/mol. The van der Waals surface area contributed by atoms with Crippen LogP contribution in [0.1, 0.15) is 60.4 Å². The fraction of sp³-hybridized carbons (Fsp3) is 0.421. The molecule has 0 radical (unpaired) electrons. The number of nitrogens with zero attached hydrogens (tertiary/aromatic N) is 2. The van der Waals surface area contributed by atoms with E-state index in [9.17, 15) is 13.2 Å². The lowest BCUT2D eigenvalue weighted by Crippen LogP contribution is -2.30. The second-order valence-electron chi connectivity index (χ2n) is 7.67. The standard InChI is InChI=1S/C19H23N3O3S/c1-11-17-14(22-18(20)21-11)9-12(10-15(17)23)13-7-5-6-8-16(13)26(24,25)19(2,3)4/h5-8,12H,9-10H2,1-4H3,(H2,20,21,22). The Morgan fingerprint density at radius 1 is 1.12 bits per heavy atom. The summed E-state index contributed by atoms with van der Waals surface area (Å²) < 4.78 is 25.1. The summed E-state index contributed by atoms with van der Waals surface area (Å²) in [4.78, 5) is 21.3. The molecule has 2 aromatic rings. The zero-order valence-corrected chi connectivity index (χ0v) is 16.2. The van der Waals surface area contributed by atoms with E-state index < -0.39 is 14.6 Å². The first-order chi connectivity index (χ1) is 12.0. The monoisotopic (exact) mass is 373 g/mol. The van der Waals surface area contributed by atoms with Crippen molar-refractivity contribution in [2.24, 2.45) is 0 Å². The predicted octanol–water partition coefficient (Wildman–Crippen LogP) is 2.85. The molecule has 0 spiro atoms. The van der Waals surface area contributed by atoms with Gasteiger partial charge in [-0.15, -0.1) is 0 Å². The van der Waals surface area contributed by atoms with Crippen molar-refractivity contribution in [3.63, 3.8) is 0 Å². The molecular formula is C19H23N3O3S. The average molecular weight is 373 g/mol. The number of aromatic nitrogens is 2. The van der Waals surface area contributed by atoms with Crippen molar-refractivity contribution in [2.45, 2.75) is 56.1 Å². The van der Waals surface area contributed by atoms with E-state index in [0.29, 0.717) is 28.9 Å². The van der Waals surface area contributed by atoms with Gasteiger partial charge >= 0.3 is 0 Å². The Morgan fingerprint density at radius 3 is 2.42 bits per heavy atom. The van der Waals surface area contributed by atoms with E-state index in [0.717, 1.165) is 0 Å². The average Bonchev–Trinajstić information content (AvgIpc) is 2.52. The Labute approximate surface area is 153 Å². The van der Waals surface area contributed by atoms with Gasteiger partial charge in [-0.3, -0.25) is 4.79 Å². The molecule has 7 heteroatoms. The third kappa shape index (κ3) is 3.00. The van der Waals surface area contributed by atoms with E-state index >= 15 is 0 Å². The van der Waals surface area contributed by atoms with E-state index in [1.54, 1.807) is 52.0 Å². The Balaban J connectivity index is 2.12. The van der Waals surface area contributed by atoms with E-state index in [1.165, 1.54) is 0 Å². The summed E-state index contributed by atoms with van der Waals surface area (Å²) in [6.07, 6.45) is 0.698. The van der Waals surface area contributed by atoms with Crippen LogP contribution in [0.25, 0.3) is 0 Å². The first-order valence-corrected chi connectivity index (χ1v) is 10.0. The number of hydrogen-bond acceptors (Lipinski definition) is 6. The number of sulfone groups is 1. The number of ketones is 1. The minimum Gasteiger partial charge on any atom is -0.368 e. The van der Waals surface area contributed by atoms with Crippen molar-refractivity contribution >= 4 is 21.6 Å². The van der Waals surface area contributed by atoms with Crippen molar-refractivity contribution in [3.8, 4) is 0 Å². The fourth-order valence-corrected chi connectivity index (χ4v) is 4.87. The van der Waals surface area contributed by atoms with Crippen molar-refractivity contribution in [1.29, 1.82) is 0 Å². The third-order valence-corrected chi connectivity index (χ3v) is 7.35. The highest BCUT2D eigenvalue weighted by molar-refractivity contribution is 7.92. The van der Waals surface area contributed by atoms with Gasteiger partial charge in [0.15, 0.2) is 15.6 Å². The number of hydrogen-bond donors (Lipinski definition) is 1. The highest BCUT2D eigenvalue weighted by Gasteiger charge is 2.36. The summed E-state index contributed by atoms with van der Waals surface area (Å²) in [5.41, 5.74) is 8.09. The minimum absolute atomic E-state index is 0.0725. The van der Waals surface area contributed by atoms with Crippen LogP contribution in [0.3, 0.4) is 0 Å². The number of aryl methyl sites for hydroxylation is 1. The molecule has 26 heavy (non-hydrogen) atoms. The van der Waals surface area contributed by atoms with E-state index in [1.807, 2.05) is 0 Å². The smallest absolute Gasteiger partial charge is 0.220 e. The van der Waals surface area contributed by atoms with Crippen molar-refractivity contribution in [1.82, 2.24) is 9.97 Å². The Hall–Kier alpha value is -2.28. The van der Waals surface area contributed by atoms with Crippen LogP contribution < -0.4 is 5.73 Å². The van der Waals surface area contributed by atoms with Crippen LogP contribution in [0.15, 0.2) is 29.2 Å². The molecule has 6 nitrogen and oxygen atoms in total. The summed E-state index contributed by atoms with van der Waals surface area (Å²) in [6.45, 7) is 6.78. The third-order valence-electron chi connectivity index (χ3n) is 4.79. The van der Waals surface area contributed by atoms with Crippen LogP contribution in [-0.2, 0) is 16.3 Å². The molecule has 3 rings (SSSR count). The van der Waals surface area contributed by atoms with Crippen LogP contribution in [0.2, 0.25) is 0 Å². The lowest BCUT2D eigenvalue weighted by Gasteiger charge is -2.28. The maximum Gasteiger partial charge on any atom is 0.220 e. The molecule has 1 aliphatic rings. The van der Waals surface area contributed by atoms with Crippen molar-refractivity contribution in [2.75, 3.05) is 5.73 Å². The van der Waals surface area contributed by atoms with Gasteiger partial charge in [0.2, 0.25) is 5.95 Å². The van der Waals surface area contributed by atoms with Gasteiger partial charge in [0.05, 0.1) is 26.6 Å². The summed E-state index contributed by atoms with van der Waals surface area (Å²) in [5.74, 6) is -0.195. The lowest BCUT2D eigenvalue weighted by molar-refractivity contribution is 0.0961. The van der Waals surface area contributed by atoms with Gasteiger partial charge in [0, 0.05) is 6.42 Å². The van der Waals surface area contributed by atoms with Crippen LogP contribution in [0.5, 0.6) is 0 Å². The van der Waals surface area contributed by atoms with E-state index in [2.05, 4.69) is 9.97 Å². The Bertz CT molecular complexity index is 992. The SMILES string of the molecule is Cc1nc(N)nc2c1C(=O)CC(c1ccccc1S(=O)(=O)C(C)(C)C)C2. The quantitative estimate of drug-likeness (QED) is 0.868. The molecule has 1 aromatic heterocycles. The molecule has 0 amide bonds. The van der Waals surface area contributed by atoms with Gasteiger partial charge < -0.3 is 5.73 Å². The number of benzene rings is 1. The molecule has 2 N–H and O–H groups in total. The Morgan fingerprint density at radius 2 is 1.77 bits per heavy atom. The largest absolute Gasteiger partial charge is 0.368 e. The van der Waals surface area contributed by atoms with Gasteiger partial charge in [-0.05, 0) is 51.7 Å². The topological polar surface area (TPSA) is 103 Å². The normalized spacial score (nSPS) is 17.8. The molecule has 1 aliphatic carbocycles. The van der Waals surface area contributed by atoms with E-state index in [-0.39, 0.29) is 29.0 Å². The molecule has 1 atom stereocenters.